The van der Waals surface area contributed by atoms with Crippen molar-refractivity contribution in [3.05, 3.63) is 22.5 Å². The number of nitrogens with one attached hydrogen (secondary N) is 1. The number of aryl methyl sites for hydroxylation is 4. The molecule has 156 valence electrons. The zero-order chi connectivity index (χ0) is 20.4. The van der Waals surface area contributed by atoms with E-state index in [0.717, 1.165) is 35.8 Å². The predicted octanol–water partition coefficient (Wildman–Crippen LogP) is 2.71. The molecule has 2 aliphatic rings. The Morgan fingerprint density at radius 2 is 2.03 bits per heavy atom. The van der Waals surface area contributed by atoms with E-state index in [0.29, 0.717) is 30.6 Å². The number of likely N-dealkylation sites (tertiary alicyclic amines) is 1. The molecule has 3 heterocycles. The van der Waals surface area contributed by atoms with Crippen LogP contribution in [0.1, 0.15) is 54.9 Å². The third-order valence-electron chi connectivity index (χ3n) is 5.88. The Labute approximate surface area is 174 Å². The van der Waals surface area contributed by atoms with Crippen LogP contribution in [0.2, 0.25) is 0 Å². The molecule has 4 rings (SSSR count). The lowest BCUT2D eigenvalue weighted by molar-refractivity contribution is -0.130. The number of hydrogen-bond donors (Lipinski definition) is 1. The van der Waals surface area contributed by atoms with Gasteiger partial charge in [-0.3, -0.25) is 14.3 Å². The fourth-order valence-electron chi connectivity index (χ4n) is 4.37. The molecular weight excluding hydrogens is 388 g/mol. The molecule has 1 aliphatic carbocycles. The van der Waals surface area contributed by atoms with Crippen LogP contribution in [0.25, 0.3) is 0 Å². The van der Waals surface area contributed by atoms with E-state index in [4.69, 9.17) is 0 Å². The van der Waals surface area contributed by atoms with Crippen LogP contribution in [0.4, 0.5) is 5.13 Å². The van der Waals surface area contributed by atoms with Crippen LogP contribution in [-0.4, -0.2) is 49.3 Å². The van der Waals surface area contributed by atoms with Crippen molar-refractivity contribution in [2.45, 2.75) is 71.4 Å². The van der Waals surface area contributed by atoms with Gasteiger partial charge in [0.15, 0.2) is 0 Å². The maximum Gasteiger partial charge on any atom is 0.231 e. The van der Waals surface area contributed by atoms with Crippen molar-refractivity contribution < 1.29 is 9.59 Å². The van der Waals surface area contributed by atoms with E-state index in [9.17, 15) is 9.59 Å². The van der Waals surface area contributed by atoms with Crippen molar-refractivity contribution >= 4 is 28.3 Å². The second-order valence-electron chi connectivity index (χ2n) is 8.13. The summed E-state index contributed by atoms with van der Waals surface area (Å²) in [6, 6.07) is 2.36. The maximum atomic E-state index is 12.7. The quantitative estimate of drug-likeness (QED) is 0.782. The first-order chi connectivity index (χ1) is 14.0. The summed E-state index contributed by atoms with van der Waals surface area (Å²) < 4.78 is 1.96. The Hall–Kier alpha value is -2.29. The summed E-state index contributed by atoms with van der Waals surface area (Å²) in [5.74, 6) is -0.315. The molecule has 0 spiro atoms. The van der Waals surface area contributed by atoms with Crippen molar-refractivity contribution in [1.29, 1.82) is 0 Å². The zero-order valence-corrected chi connectivity index (χ0v) is 17.9. The number of rotatable bonds is 6. The van der Waals surface area contributed by atoms with E-state index in [1.54, 1.807) is 0 Å². The number of amides is 2. The first kappa shape index (κ1) is 20.0. The van der Waals surface area contributed by atoms with Gasteiger partial charge in [0.25, 0.3) is 0 Å². The molecule has 0 radical (unpaired) electrons. The standard InChI is InChI=1S/C20H28N6O2S/c1-13-10-14(2)26(24-13)9-8-17-22-23-20(29-17)21-19(28)15-11-18(27)25(12-15)16-6-4-3-5-7-16/h10,15-16H,3-9,11-12H2,1-2H3,(H,21,23,28)/t15-/m0/s1. The van der Waals surface area contributed by atoms with Gasteiger partial charge in [0, 0.05) is 37.7 Å². The molecule has 2 aromatic rings. The molecule has 1 saturated heterocycles. The average Bonchev–Trinajstić information content (AvgIpc) is 3.39. The molecule has 1 N–H and O–H groups in total. The predicted molar refractivity (Wildman–Crippen MR) is 111 cm³/mol. The minimum Gasteiger partial charge on any atom is -0.339 e. The van der Waals surface area contributed by atoms with Crippen LogP contribution < -0.4 is 5.32 Å². The molecule has 2 fully saturated rings. The third kappa shape index (κ3) is 4.66. The highest BCUT2D eigenvalue weighted by Crippen LogP contribution is 2.29. The molecule has 1 saturated carbocycles. The van der Waals surface area contributed by atoms with Gasteiger partial charge >= 0.3 is 0 Å². The fraction of sp³-hybridized carbons (Fsp3) is 0.650. The lowest BCUT2D eigenvalue weighted by atomic mass is 9.94. The molecule has 2 amide bonds. The van der Waals surface area contributed by atoms with Crippen LogP contribution in [-0.2, 0) is 22.6 Å². The summed E-state index contributed by atoms with van der Waals surface area (Å²) in [4.78, 5) is 27.0. The third-order valence-corrected chi connectivity index (χ3v) is 6.78. The Morgan fingerprint density at radius 1 is 1.24 bits per heavy atom. The Balaban J connectivity index is 1.30. The molecule has 9 heteroatoms. The van der Waals surface area contributed by atoms with E-state index < -0.39 is 0 Å². The van der Waals surface area contributed by atoms with Crippen molar-refractivity contribution in [3.63, 3.8) is 0 Å². The summed E-state index contributed by atoms with van der Waals surface area (Å²) >= 11 is 1.39. The smallest absolute Gasteiger partial charge is 0.231 e. The fourth-order valence-corrected chi connectivity index (χ4v) is 5.10. The van der Waals surface area contributed by atoms with Gasteiger partial charge in [0.1, 0.15) is 5.01 Å². The van der Waals surface area contributed by atoms with E-state index >= 15 is 0 Å². The second kappa shape index (κ2) is 8.61. The van der Waals surface area contributed by atoms with Crippen LogP contribution in [0.5, 0.6) is 0 Å². The highest BCUT2D eigenvalue weighted by atomic mass is 32.1. The molecule has 2 aromatic heterocycles. The summed E-state index contributed by atoms with van der Waals surface area (Å²) in [7, 11) is 0. The van der Waals surface area contributed by atoms with E-state index in [1.165, 1.54) is 30.6 Å². The van der Waals surface area contributed by atoms with Gasteiger partial charge in [-0.2, -0.15) is 5.10 Å². The Morgan fingerprint density at radius 3 is 2.76 bits per heavy atom. The van der Waals surface area contributed by atoms with Gasteiger partial charge in [-0.15, -0.1) is 10.2 Å². The topological polar surface area (TPSA) is 93.0 Å². The molecular formula is C20H28N6O2S. The minimum absolute atomic E-state index is 0.111. The molecule has 0 unspecified atom stereocenters. The lowest BCUT2D eigenvalue weighted by Crippen LogP contribution is -2.38. The number of hydrogen-bond acceptors (Lipinski definition) is 6. The Bertz CT molecular complexity index is 885. The molecule has 1 atom stereocenters. The van der Waals surface area contributed by atoms with Gasteiger partial charge in [0.05, 0.1) is 11.6 Å². The summed E-state index contributed by atoms with van der Waals surface area (Å²) in [5.41, 5.74) is 2.12. The second-order valence-corrected chi connectivity index (χ2v) is 9.19. The van der Waals surface area contributed by atoms with E-state index in [2.05, 4.69) is 20.6 Å². The van der Waals surface area contributed by atoms with Gasteiger partial charge in [-0.05, 0) is 32.8 Å². The first-order valence-corrected chi connectivity index (χ1v) is 11.2. The SMILES string of the molecule is Cc1cc(C)n(CCc2nnc(NC(=O)[C@H]3CC(=O)N(C4CCCCC4)C3)s2)n1. The minimum atomic E-state index is -0.300. The van der Waals surface area contributed by atoms with Crippen molar-refractivity contribution in [2.75, 3.05) is 11.9 Å². The lowest BCUT2D eigenvalue weighted by Gasteiger charge is -2.31. The van der Waals surface area contributed by atoms with Gasteiger partial charge < -0.3 is 10.2 Å². The average molecular weight is 417 g/mol. The monoisotopic (exact) mass is 416 g/mol. The molecule has 0 bridgehead atoms. The Kier molecular flexibility index (Phi) is 5.94. The van der Waals surface area contributed by atoms with Gasteiger partial charge in [0.2, 0.25) is 16.9 Å². The van der Waals surface area contributed by atoms with Crippen LogP contribution >= 0.6 is 11.3 Å². The van der Waals surface area contributed by atoms with Crippen LogP contribution in [0.15, 0.2) is 6.07 Å². The van der Waals surface area contributed by atoms with E-state index in [1.807, 2.05) is 29.5 Å². The van der Waals surface area contributed by atoms with Crippen LogP contribution in [0.3, 0.4) is 0 Å². The number of nitrogens with zero attached hydrogens (tertiary/aromatic N) is 5. The number of carbonyl (C=O) groups is 2. The van der Waals surface area contributed by atoms with E-state index in [-0.39, 0.29) is 17.7 Å². The molecule has 0 aromatic carbocycles. The van der Waals surface area contributed by atoms with Gasteiger partial charge in [-0.1, -0.05) is 30.6 Å². The molecule has 29 heavy (non-hydrogen) atoms. The first-order valence-electron chi connectivity index (χ1n) is 10.4. The van der Waals surface area contributed by atoms with Gasteiger partial charge in [-0.25, -0.2) is 0 Å². The highest BCUT2D eigenvalue weighted by molar-refractivity contribution is 7.15. The van der Waals surface area contributed by atoms with Crippen LogP contribution in [0, 0.1) is 19.8 Å². The zero-order valence-electron chi connectivity index (χ0n) is 17.1. The summed E-state index contributed by atoms with van der Waals surface area (Å²) in [6.45, 7) is 5.27. The molecule has 1 aliphatic heterocycles. The summed E-state index contributed by atoms with van der Waals surface area (Å²) in [5, 5.41) is 17.0. The largest absolute Gasteiger partial charge is 0.339 e. The number of aromatic nitrogens is 4. The van der Waals surface area contributed by atoms with Crippen molar-refractivity contribution in [1.82, 2.24) is 24.9 Å². The normalized spacial score (nSPS) is 20.4. The number of anilines is 1. The maximum absolute atomic E-state index is 12.7. The van der Waals surface area contributed by atoms with Crippen molar-refractivity contribution in [2.24, 2.45) is 5.92 Å². The highest BCUT2D eigenvalue weighted by Gasteiger charge is 2.38. The number of carbonyl (C=O) groups excluding carboxylic acids is 2. The molecule has 8 nitrogen and oxygen atoms in total. The van der Waals surface area contributed by atoms with Crippen molar-refractivity contribution in [3.8, 4) is 0 Å². The summed E-state index contributed by atoms with van der Waals surface area (Å²) in [6.07, 6.45) is 6.75.